The molecule has 0 aliphatic rings. The van der Waals surface area contributed by atoms with Gasteiger partial charge in [-0.25, -0.2) is 0 Å². The van der Waals surface area contributed by atoms with Crippen LogP contribution >= 0.6 is 11.6 Å². The molecule has 0 aromatic rings. The molecule has 100 valence electrons. The standard InChI is InChI=1S/C13H29ClN.HI/c1-4-5-6-7-8-9-10-12-15(2,3)13-11-14;/h4-13H2,1-3H3;1H/q+1;/p-1. The number of alkyl halides is 1. The van der Waals surface area contributed by atoms with Gasteiger partial charge in [-0.3, -0.25) is 0 Å². The van der Waals surface area contributed by atoms with E-state index < -0.39 is 0 Å². The Hall–Kier alpha value is 0.980. The van der Waals surface area contributed by atoms with Crippen LogP contribution in [-0.2, 0) is 0 Å². The SMILES string of the molecule is CCCCCCCCC[N+](C)(C)CCCl.[I-]. The molecule has 0 saturated heterocycles. The highest BCUT2D eigenvalue weighted by Crippen LogP contribution is 2.09. The van der Waals surface area contributed by atoms with E-state index in [1.807, 2.05) is 0 Å². The summed E-state index contributed by atoms with van der Waals surface area (Å²) in [4.78, 5) is 0. The molecule has 0 atom stereocenters. The lowest BCUT2D eigenvalue weighted by molar-refractivity contribution is -0.888. The average Bonchev–Trinajstić information content (AvgIpc) is 2.16. The Morgan fingerprint density at radius 1 is 0.812 bits per heavy atom. The summed E-state index contributed by atoms with van der Waals surface area (Å²) in [5.41, 5.74) is 0. The maximum Gasteiger partial charge on any atom is 0.0920 e. The molecule has 0 aromatic heterocycles. The molecule has 1 nitrogen and oxygen atoms in total. The Balaban J connectivity index is 0. The number of hydrogen-bond acceptors (Lipinski definition) is 0. The van der Waals surface area contributed by atoms with Crippen molar-refractivity contribution >= 4 is 11.6 Å². The molecule has 0 radical (unpaired) electrons. The molecule has 0 aliphatic carbocycles. The number of rotatable bonds is 10. The zero-order valence-corrected chi connectivity index (χ0v) is 14.2. The maximum absolute atomic E-state index is 5.77. The smallest absolute Gasteiger partial charge is 0.0920 e. The molecule has 0 heterocycles. The van der Waals surface area contributed by atoms with E-state index >= 15 is 0 Å². The zero-order valence-electron chi connectivity index (χ0n) is 11.3. The van der Waals surface area contributed by atoms with Crippen molar-refractivity contribution in [3.63, 3.8) is 0 Å². The second-order valence-corrected chi connectivity index (χ2v) is 5.57. The summed E-state index contributed by atoms with van der Waals surface area (Å²) in [6.07, 6.45) is 9.78. The van der Waals surface area contributed by atoms with Crippen LogP contribution in [0.2, 0.25) is 0 Å². The maximum atomic E-state index is 5.77. The summed E-state index contributed by atoms with van der Waals surface area (Å²) in [6, 6.07) is 0. The van der Waals surface area contributed by atoms with Crippen molar-refractivity contribution in [3.05, 3.63) is 0 Å². The van der Waals surface area contributed by atoms with Gasteiger partial charge in [-0.2, -0.15) is 0 Å². The number of quaternary nitrogens is 1. The molecule has 0 saturated carbocycles. The minimum absolute atomic E-state index is 0. The molecule has 0 unspecified atom stereocenters. The Morgan fingerprint density at radius 3 is 1.81 bits per heavy atom. The molecule has 0 N–H and O–H groups in total. The molecule has 16 heavy (non-hydrogen) atoms. The molecule has 0 aliphatic heterocycles. The highest BCUT2D eigenvalue weighted by Gasteiger charge is 2.12. The Labute approximate surface area is 125 Å². The number of nitrogens with zero attached hydrogens (tertiary/aromatic N) is 1. The van der Waals surface area contributed by atoms with E-state index in [1.54, 1.807) is 0 Å². The van der Waals surface area contributed by atoms with Crippen LogP contribution in [0.25, 0.3) is 0 Å². The second kappa shape index (κ2) is 12.4. The van der Waals surface area contributed by atoms with E-state index in [4.69, 9.17) is 11.6 Å². The first kappa shape index (κ1) is 19.3. The quantitative estimate of drug-likeness (QED) is 0.236. The van der Waals surface area contributed by atoms with Gasteiger partial charge in [0.05, 0.1) is 33.1 Å². The van der Waals surface area contributed by atoms with Crippen molar-refractivity contribution in [1.29, 1.82) is 0 Å². The third-order valence-corrected chi connectivity index (χ3v) is 3.23. The second-order valence-electron chi connectivity index (χ2n) is 5.19. The first-order valence-electron chi connectivity index (χ1n) is 6.50. The van der Waals surface area contributed by atoms with Crippen molar-refractivity contribution in [3.8, 4) is 0 Å². The Bertz CT molecular complexity index is 140. The molecular formula is C13H29ClIN. The van der Waals surface area contributed by atoms with Crippen LogP contribution in [0, 0.1) is 0 Å². The third-order valence-electron chi connectivity index (χ3n) is 3.06. The first-order chi connectivity index (χ1) is 7.12. The fraction of sp³-hybridized carbons (Fsp3) is 1.00. The highest BCUT2D eigenvalue weighted by molar-refractivity contribution is 6.17. The van der Waals surface area contributed by atoms with Crippen molar-refractivity contribution in [2.24, 2.45) is 0 Å². The predicted molar refractivity (Wildman–Crippen MR) is 70.6 cm³/mol. The van der Waals surface area contributed by atoms with Crippen molar-refractivity contribution in [2.75, 3.05) is 33.1 Å². The summed E-state index contributed by atoms with van der Waals surface area (Å²) < 4.78 is 1.08. The van der Waals surface area contributed by atoms with Gasteiger partial charge in [0.2, 0.25) is 0 Å². The van der Waals surface area contributed by atoms with Crippen LogP contribution in [0.3, 0.4) is 0 Å². The molecule has 0 fully saturated rings. The van der Waals surface area contributed by atoms with E-state index in [9.17, 15) is 0 Å². The van der Waals surface area contributed by atoms with Crippen LogP contribution < -0.4 is 24.0 Å². The van der Waals surface area contributed by atoms with Gasteiger partial charge in [0.25, 0.3) is 0 Å². The van der Waals surface area contributed by atoms with Crippen LogP contribution in [0.1, 0.15) is 51.9 Å². The summed E-state index contributed by atoms with van der Waals surface area (Å²) in [5.74, 6) is 0.781. The topological polar surface area (TPSA) is 0 Å². The molecule has 0 bridgehead atoms. The Morgan fingerprint density at radius 2 is 1.31 bits per heavy atom. The van der Waals surface area contributed by atoms with Crippen molar-refractivity contribution in [1.82, 2.24) is 0 Å². The van der Waals surface area contributed by atoms with Gasteiger partial charge in [0.15, 0.2) is 0 Å². The monoisotopic (exact) mass is 361 g/mol. The first-order valence-corrected chi connectivity index (χ1v) is 7.04. The van der Waals surface area contributed by atoms with Crippen LogP contribution in [0.4, 0.5) is 0 Å². The van der Waals surface area contributed by atoms with Crippen molar-refractivity contribution < 1.29 is 28.5 Å². The molecule has 0 aromatic carbocycles. The van der Waals surface area contributed by atoms with E-state index in [0.29, 0.717) is 0 Å². The number of halogens is 2. The molecule has 3 heteroatoms. The van der Waals surface area contributed by atoms with Gasteiger partial charge in [-0.05, 0) is 12.8 Å². The lowest BCUT2D eigenvalue weighted by Gasteiger charge is -2.28. The normalized spacial score (nSPS) is 11.2. The number of hydrogen-bond donors (Lipinski definition) is 0. The minimum atomic E-state index is 0. The average molecular weight is 362 g/mol. The highest BCUT2D eigenvalue weighted by atomic mass is 127. The third kappa shape index (κ3) is 13.0. The van der Waals surface area contributed by atoms with Crippen LogP contribution in [0.5, 0.6) is 0 Å². The van der Waals surface area contributed by atoms with Gasteiger partial charge in [0, 0.05) is 0 Å². The van der Waals surface area contributed by atoms with E-state index in [-0.39, 0.29) is 24.0 Å². The lowest BCUT2D eigenvalue weighted by Crippen LogP contribution is -3.00. The van der Waals surface area contributed by atoms with Gasteiger partial charge in [0.1, 0.15) is 0 Å². The fourth-order valence-corrected chi connectivity index (χ4v) is 2.30. The summed E-state index contributed by atoms with van der Waals surface area (Å²) in [7, 11) is 4.55. The van der Waals surface area contributed by atoms with Crippen LogP contribution in [0.15, 0.2) is 0 Å². The minimum Gasteiger partial charge on any atom is -1.00 e. The lowest BCUT2D eigenvalue weighted by atomic mass is 10.1. The van der Waals surface area contributed by atoms with Crippen molar-refractivity contribution in [2.45, 2.75) is 51.9 Å². The molecule has 0 spiro atoms. The van der Waals surface area contributed by atoms with E-state index in [1.165, 1.54) is 51.5 Å². The fourth-order valence-electron chi connectivity index (χ4n) is 1.84. The summed E-state index contributed by atoms with van der Waals surface area (Å²) >= 11 is 5.77. The predicted octanol–water partition coefficient (Wildman–Crippen LogP) is 1.06. The van der Waals surface area contributed by atoms with Gasteiger partial charge in [-0.1, -0.05) is 39.0 Å². The van der Waals surface area contributed by atoms with Crippen LogP contribution in [-0.4, -0.2) is 37.5 Å². The molecule has 0 amide bonds. The van der Waals surface area contributed by atoms with E-state index in [2.05, 4.69) is 21.0 Å². The summed E-state index contributed by atoms with van der Waals surface area (Å²) in [6.45, 7) is 4.64. The Kier molecular flexibility index (Phi) is 15.0. The molecule has 0 rings (SSSR count). The van der Waals surface area contributed by atoms with Gasteiger partial charge in [-0.15, -0.1) is 11.6 Å². The zero-order chi connectivity index (χ0) is 11.6. The van der Waals surface area contributed by atoms with E-state index in [0.717, 1.165) is 16.9 Å². The summed E-state index contributed by atoms with van der Waals surface area (Å²) in [5, 5.41) is 0. The largest absolute Gasteiger partial charge is 1.00 e. The number of unbranched alkanes of at least 4 members (excludes halogenated alkanes) is 6. The van der Waals surface area contributed by atoms with Gasteiger partial charge < -0.3 is 28.5 Å². The molecular weight excluding hydrogens is 333 g/mol. The van der Waals surface area contributed by atoms with Gasteiger partial charge >= 0.3 is 0 Å².